The summed E-state index contributed by atoms with van der Waals surface area (Å²) in [5, 5.41) is 4.33. The Bertz CT molecular complexity index is 816. The third-order valence-corrected chi connectivity index (χ3v) is 4.69. The van der Waals surface area contributed by atoms with Crippen molar-refractivity contribution in [2.45, 2.75) is 6.54 Å². The van der Waals surface area contributed by atoms with Crippen molar-refractivity contribution in [3.63, 3.8) is 0 Å². The molecule has 1 heterocycles. The number of rotatable bonds is 3. The van der Waals surface area contributed by atoms with Crippen molar-refractivity contribution < 1.29 is 23.7 Å². The van der Waals surface area contributed by atoms with Gasteiger partial charge in [-0.25, -0.2) is 4.39 Å². The molecule has 0 bridgehead atoms. The molecule has 0 aliphatic rings. The summed E-state index contributed by atoms with van der Waals surface area (Å²) in [7, 11) is 1.92. The molecular weight excluding hydrogens is 716 g/mol. The van der Waals surface area contributed by atoms with E-state index >= 15 is 0 Å². The third kappa shape index (κ3) is 6.49. The molecule has 0 saturated carbocycles. The smallest absolute Gasteiger partial charge is 0.123 e. The van der Waals surface area contributed by atoms with Gasteiger partial charge in [-0.1, -0.05) is 12.1 Å². The normalized spacial score (nSPS) is 10.5. The predicted molar refractivity (Wildman–Crippen MR) is 106 cm³/mol. The minimum atomic E-state index is -0.179. The van der Waals surface area contributed by atoms with E-state index < -0.39 is 0 Å². The number of hydrogen-bond acceptors (Lipinski definition) is 2. The van der Waals surface area contributed by atoms with E-state index in [1.165, 1.54) is 12.1 Å². The first kappa shape index (κ1) is 19.9. The summed E-state index contributed by atoms with van der Waals surface area (Å²) < 4.78 is 17.2. The number of nitrogens with zero attached hydrogens (tertiary/aromatic N) is 3. The quantitative estimate of drug-likeness (QED) is 0.310. The van der Waals surface area contributed by atoms with E-state index in [-0.39, 0.29) is 5.82 Å². The van der Waals surface area contributed by atoms with Gasteiger partial charge in [0.1, 0.15) is 5.82 Å². The topological polar surface area (TPSA) is 36.9 Å². The van der Waals surface area contributed by atoms with Crippen molar-refractivity contribution in [1.29, 1.82) is 0 Å². The Hall–Kier alpha value is -0.382. The molecule has 8 heteroatoms. The zero-order valence-corrected chi connectivity index (χ0v) is 19.3. The van der Waals surface area contributed by atoms with Gasteiger partial charge in [0.25, 0.3) is 0 Å². The van der Waals surface area contributed by atoms with Crippen LogP contribution in [0.4, 0.5) is 4.39 Å². The number of H-pyrrole nitrogens is 1. The Kier molecular flexibility index (Phi) is 8.25. The van der Waals surface area contributed by atoms with Gasteiger partial charge in [0.05, 0.1) is 0 Å². The van der Waals surface area contributed by atoms with E-state index in [9.17, 15) is 4.39 Å². The van der Waals surface area contributed by atoms with Crippen LogP contribution in [0.25, 0.3) is 11.4 Å². The molecule has 0 spiro atoms. The Morgan fingerprint density at radius 1 is 1.12 bits per heavy atom. The van der Waals surface area contributed by atoms with Gasteiger partial charge in [0.15, 0.2) is 0 Å². The maximum absolute atomic E-state index is 12.4. The predicted octanol–water partition coefficient (Wildman–Crippen LogP) is 4.82. The zero-order valence-electron chi connectivity index (χ0n) is 12.7. The second kappa shape index (κ2) is 9.94. The molecule has 1 aromatic heterocycles. The van der Waals surface area contributed by atoms with Gasteiger partial charge in [0.2, 0.25) is 0 Å². The molecule has 4 nitrogen and oxygen atoms in total. The Morgan fingerprint density at radius 3 is 2.25 bits per heavy atom. The Balaban J connectivity index is 0.000000177. The number of nitrogens with one attached hydrogen (secondary N) is 1. The summed E-state index contributed by atoms with van der Waals surface area (Å²) in [4.78, 5) is 3.20. The molecule has 2 aromatic carbocycles. The van der Waals surface area contributed by atoms with Crippen LogP contribution in [-0.2, 0) is 32.9 Å². The third-order valence-electron chi connectivity index (χ3n) is 2.99. The van der Waals surface area contributed by atoms with Crippen molar-refractivity contribution in [2.75, 3.05) is 0 Å². The van der Waals surface area contributed by atoms with Gasteiger partial charge in [-0.2, -0.15) is 1.33 Å². The molecule has 24 heavy (non-hydrogen) atoms. The summed E-state index contributed by atoms with van der Waals surface area (Å²) >= 11 is 6.56. The molecule has 0 aliphatic heterocycles. The average molecular weight is 731 g/mol. The number of aryl methyl sites for hydroxylation is 1. The summed E-state index contributed by atoms with van der Waals surface area (Å²) in [6, 6.07) is 16.6. The molecule has 0 fully saturated rings. The van der Waals surface area contributed by atoms with Crippen molar-refractivity contribution >= 4 is 45.7 Å². The van der Waals surface area contributed by atoms with Crippen LogP contribution in [-0.4, -0.2) is 16.1 Å². The SMILES string of the molecule is Cn1nc(-c2ccccc2)[nH][c]1=[Pt].Fc1ccc(CN(I)I)cc1. The van der Waals surface area contributed by atoms with E-state index in [4.69, 9.17) is 0 Å². The van der Waals surface area contributed by atoms with Crippen molar-refractivity contribution in [3.8, 4) is 11.4 Å². The molecule has 3 aromatic rings. The zero-order chi connectivity index (χ0) is 17.5. The van der Waals surface area contributed by atoms with Crippen molar-refractivity contribution in [1.82, 2.24) is 16.1 Å². The van der Waals surface area contributed by atoms with E-state index in [0.717, 1.165) is 27.3 Å². The van der Waals surface area contributed by atoms with Gasteiger partial charge >= 0.3 is 86.7 Å². The molecule has 0 aliphatic carbocycles. The second-order valence-electron chi connectivity index (χ2n) is 4.81. The van der Waals surface area contributed by atoms with Crippen molar-refractivity contribution in [3.05, 3.63) is 69.8 Å². The van der Waals surface area contributed by atoms with Crippen LogP contribution in [0.15, 0.2) is 54.6 Å². The first-order chi connectivity index (χ1) is 11.5. The fourth-order valence-corrected chi connectivity index (χ4v) is 3.01. The molecule has 1 N–H and O–H groups in total. The van der Waals surface area contributed by atoms with Crippen LogP contribution in [0, 0.1) is 9.62 Å². The number of hydrogen-bond donors (Lipinski definition) is 1. The van der Waals surface area contributed by atoms with Gasteiger partial charge in [-0.3, -0.25) is 0 Å². The molecular formula is C16H15FI2N4Pt. The minimum absolute atomic E-state index is 0.179. The number of halogens is 3. The maximum atomic E-state index is 12.4. The first-order valence-electron chi connectivity index (χ1n) is 6.93. The Labute approximate surface area is 178 Å². The second-order valence-corrected chi connectivity index (χ2v) is 10.1. The van der Waals surface area contributed by atoms with Gasteiger partial charge < -0.3 is 0 Å². The van der Waals surface area contributed by atoms with E-state index in [0.29, 0.717) is 0 Å². The fourth-order valence-electron chi connectivity index (χ4n) is 1.84. The largest absolute Gasteiger partial charge is 0.207 e. The van der Waals surface area contributed by atoms with Crippen LogP contribution in [0.5, 0.6) is 0 Å². The summed E-state index contributed by atoms with van der Waals surface area (Å²) in [5.41, 5.74) is 2.23. The summed E-state index contributed by atoms with van der Waals surface area (Å²) in [6.07, 6.45) is 0. The monoisotopic (exact) mass is 731 g/mol. The summed E-state index contributed by atoms with van der Waals surface area (Å²) in [6.45, 7) is 0.835. The standard InChI is InChI=1S/C9H9N3.C7H6FI2N.Pt/c1-12-7-10-9(11-12)8-5-3-2-4-6-8;8-7-3-1-6(2-4-7)5-11(9)10;/h2-6H,1H3,(H,10,11);1-4H,5H2;. The fraction of sp³-hybridized carbons (Fsp3) is 0.125. The van der Waals surface area contributed by atoms with Crippen LogP contribution in [0.2, 0.25) is 0 Å². The van der Waals surface area contributed by atoms with E-state index in [2.05, 4.69) is 75.2 Å². The van der Waals surface area contributed by atoms with E-state index in [1.807, 2.05) is 43.4 Å². The molecule has 0 amide bonds. The van der Waals surface area contributed by atoms with Crippen LogP contribution < -0.4 is 0 Å². The van der Waals surface area contributed by atoms with Gasteiger partial charge in [-0.05, 0) is 17.7 Å². The van der Waals surface area contributed by atoms with Crippen LogP contribution in [0.1, 0.15) is 5.56 Å². The van der Waals surface area contributed by atoms with Crippen LogP contribution in [0.3, 0.4) is 0 Å². The minimum Gasteiger partial charge on any atom is -0.207 e. The first-order valence-corrected chi connectivity index (χ1v) is 10.00. The molecule has 130 valence electrons. The Morgan fingerprint density at radius 2 is 1.75 bits per heavy atom. The number of aromatic amines is 1. The van der Waals surface area contributed by atoms with Crippen LogP contribution >= 0.6 is 45.7 Å². The molecule has 0 atom stereocenters. The van der Waals surface area contributed by atoms with Gasteiger partial charge in [-0.15, -0.1) is 0 Å². The molecule has 0 unspecified atom stereocenters. The van der Waals surface area contributed by atoms with E-state index in [1.54, 1.807) is 12.1 Å². The van der Waals surface area contributed by atoms with Crippen molar-refractivity contribution in [2.24, 2.45) is 7.05 Å². The molecule has 3 rings (SSSR count). The summed E-state index contributed by atoms with van der Waals surface area (Å²) in [5.74, 6) is 0.732. The number of aromatic nitrogens is 3. The number of benzene rings is 2. The average Bonchev–Trinajstić information content (AvgIpc) is 2.90. The van der Waals surface area contributed by atoms with Gasteiger partial charge in [0, 0.05) is 52.3 Å². The molecule has 0 saturated heterocycles. The maximum Gasteiger partial charge on any atom is 0.123 e. The molecule has 0 radical (unpaired) electrons.